The summed E-state index contributed by atoms with van der Waals surface area (Å²) >= 11 is 0. The lowest BCUT2D eigenvalue weighted by atomic mass is 9.91. The van der Waals surface area contributed by atoms with Crippen LogP contribution in [0.2, 0.25) is 0 Å². The number of likely N-dealkylation sites (tertiary alicyclic amines) is 1. The van der Waals surface area contributed by atoms with E-state index in [4.69, 9.17) is 9.15 Å². The number of benzene rings is 1. The lowest BCUT2D eigenvalue weighted by Crippen LogP contribution is -2.48. The van der Waals surface area contributed by atoms with E-state index in [0.717, 1.165) is 30.4 Å². The molecule has 6 nitrogen and oxygen atoms in total. The molecule has 2 saturated heterocycles. The number of piperidine rings is 1. The number of furan rings is 1. The minimum atomic E-state index is -0.423. The fourth-order valence-corrected chi connectivity index (χ4v) is 4.25. The molecule has 150 valence electrons. The summed E-state index contributed by atoms with van der Waals surface area (Å²) < 4.78 is 11.1. The highest BCUT2D eigenvalue weighted by atomic mass is 16.6. The zero-order valence-corrected chi connectivity index (χ0v) is 16.5. The van der Waals surface area contributed by atoms with Gasteiger partial charge in [0.1, 0.15) is 11.2 Å². The number of carbonyl (C=O) groups is 2. The number of carbonyl (C=O) groups excluding carboxylic acids is 2. The Balaban J connectivity index is 1.33. The first-order valence-electron chi connectivity index (χ1n) is 10.3. The summed E-state index contributed by atoms with van der Waals surface area (Å²) in [6.45, 7) is 4.83. The molecule has 2 aliphatic rings. The van der Waals surface area contributed by atoms with Gasteiger partial charge in [-0.3, -0.25) is 4.79 Å². The molecule has 1 aromatic heterocycles. The van der Waals surface area contributed by atoms with Crippen molar-refractivity contribution in [2.24, 2.45) is 0 Å². The van der Waals surface area contributed by atoms with Crippen molar-refractivity contribution in [3.8, 4) is 0 Å². The second-order valence-electron chi connectivity index (χ2n) is 8.00. The van der Waals surface area contributed by atoms with Gasteiger partial charge in [0.25, 0.3) is 5.91 Å². The summed E-state index contributed by atoms with van der Waals surface area (Å²) in [4.78, 5) is 28.9. The van der Waals surface area contributed by atoms with Gasteiger partial charge in [-0.25, -0.2) is 4.79 Å². The average Bonchev–Trinajstić information content (AvgIpc) is 3.29. The standard InChI is InChI=1S/C22H28N2O4/c1-2-3-4-5-11-24-16-22(28-21(24)26)9-12-23(13-10-22)20(25)18-6-7-19-17(15-18)8-14-27-19/h6-8,14-15H,2-5,9-13,16H2,1H3. The first-order chi connectivity index (χ1) is 13.6. The van der Waals surface area contributed by atoms with Gasteiger partial charge in [0.05, 0.1) is 12.8 Å². The maximum absolute atomic E-state index is 12.9. The van der Waals surface area contributed by atoms with Crippen LogP contribution in [0, 0.1) is 0 Å². The summed E-state index contributed by atoms with van der Waals surface area (Å²) in [5.74, 6) is 0.0266. The Hall–Kier alpha value is -2.50. The Morgan fingerprint density at radius 1 is 1.14 bits per heavy atom. The van der Waals surface area contributed by atoms with Crippen molar-refractivity contribution >= 4 is 23.0 Å². The molecule has 0 radical (unpaired) electrons. The number of hydrogen-bond donors (Lipinski definition) is 0. The minimum absolute atomic E-state index is 0.0266. The number of amides is 2. The molecule has 0 N–H and O–H groups in total. The van der Waals surface area contributed by atoms with Gasteiger partial charge in [-0.2, -0.15) is 0 Å². The Morgan fingerprint density at radius 2 is 1.96 bits per heavy atom. The van der Waals surface area contributed by atoms with E-state index in [2.05, 4.69) is 6.92 Å². The van der Waals surface area contributed by atoms with Crippen LogP contribution in [-0.4, -0.2) is 53.6 Å². The first-order valence-corrected chi connectivity index (χ1v) is 10.3. The largest absolute Gasteiger partial charge is 0.464 e. The van der Waals surface area contributed by atoms with Gasteiger partial charge in [-0.1, -0.05) is 26.2 Å². The molecule has 0 atom stereocenters. The molecule has 2 fully saturated rings. The molecule has 1 aromatic carbocycles. The second-order valence-corrected chi connectivity index (χ2v) is 8.00. The van der Waals surface area contributed by atoms with Crippen LogP contribution in [0.3, 0.4) is 0 Å². The topological polar surface area (TPSA) is 63.0 Å². The van der Waals surface area contributed by atoms with Crippen molar-refractivity contribution in [3.05, 3.63) is 36.1 Å². The molecule has 0 bridgehead atoms. The Bertz CT molecular complexity index is 851. The second kappa shape index (κ2) is 7.86. The molecule has 2 amide bonds. The molecular weight excluding hydrogens is 356 g/mol. The number of hydrogen-bond acceptors (Lipinski definition) is 4. The van der Waals surface area contributed by atoms with E-state index >= 15 is 0 Å². The first kappa shape index (κ1) is 18.8. The van der Waals surface area contributed by atoms with Gasteiger partial charge in [0.15, 0.2) is 0 Å². The lowest BCUT2D eigenvalue weighted by molar-refractivity contribution is 0.00314. The molecule has 6 heteroatoms. The predicted molar refractivity (Wildman–Crippen MR) is 106 cm³/mol. The van der Waals surface area contributed by atoms with E-state index in [-0.39, 0.29) is 12.0 Å². The van der Waals surface area contributed by atoms with Crippen molar-refractivity contribution < 1.29 is 18.7 Å². The molecule has 28 heavy (non-hydrogen) atoms. The molecule has 2 aliphatic heterocycles. The van der Waals surface area contributed by atoms with Crippen LogP contribution in [0.25, 0.3) is 11.0 Å². The molecule has 3 heterocycles. The Morgan fingerprint density at radius 3 is 2.75 bits per heavy atom. The molecule has 2 aromatic rings. The van der Waals surface area contributed by atoms with Crippen molar-refractivity contribution in [2.75, 3.05) is 26.2 Å². The molecule has 4 rings (SSSR count). The third kappa shape index (κ3) is 3.73. The van der Waals surface area contributed by atoms with Crippen LogP contribution < -0.4 is 0 Å². The zero-order chi connectivity index (χ0) is 19.6. The maximum atomic E-state index is 12.9. The van der Waals surface area contributed by atoms with Crippen LogP contribution in [0.1, 0.15) is 55.8 Å². The summed E-state index contributed by atoms with van der Waals surface area (Å²) in [6, 6.07) is 7.39. The Kier molecular flexibility index (Phi) is 5.29. The quantitative estimate of drug-likeness (QED) is 0.691. The third-order valence-corrected chi connectivity index (χ3v) is 5.98. The van der Waals surface area contributed by atoms with Crippen LogP contribution in [0.15, 0.2) is 34.9 Å². The Labute approximate surface area is 165 Å². The highest BCUT2D eigenvalue weighted by molar-refractivity contribution is 5.97. The molecule has 1 spiro atoms. The number of nitrogens with zero attached hydrogens (tertiary/aromatic N) is 2. The molecular formula is C22H28N2O4. The van der Waals surface area contributed by atoms with Crippen LogP contribution in [0.4, 0.5) is 4.79 Å². The van der Waals surface area contributed by atoms with E-state index < -0.39 is 5.60 Å². The van der Waals surface area contributed by atoms with E-state index in [1.807, 2.05) is 34.1 Å². The lowest BCUT2D eigenvalue weighted by Gasteiger charge is -2.37. The predicted octanol–water partition coefficient (Wildman–Crippen LogP) is 4.44. The monoisotopic (exact) mass is 384 g/mol. The fourth-order valence-electron chi connectivity index (χ4n) is 4.25. The van der Waals surface area contributed by atoms with E-state index in [1.165, 1.54) is 12.8 Å². The highest BCUT2D eigenvalue weighted by Crippen LogP contribution is 2.34. The van der Waals surface area contributed by atoms with Crippen molar-refractivity contribution in [1.82, 2.24) is 9.80 Å². The summed E-state index contributed by atoms with van der Waals surface area (Å²) in [6.07, 6.45) is 7.40. The van der Waals surface area contributed by atoms with Crippen molar-refractivity contribution in [3.63, 3.8) is 0 Å². The average molecular weight is 384 g/mol. The summed E-state index contributed by atoms with van der Waals surface area (Å²) in [5, 5.41) is 0.933. The van der Waals surface area contributed by atoms with E-state index in [0.29, 0.717) is 38.0 Å². The van der Waals surface area contributed by atoms with Crippen molar-refractivity contribution in [1.29, 1.82) is 0 Å². The molecule has 0 saturated carbocycles. The highest BCUT2D eigenvalue weighted by Gasteiger charge is 2.47. The number of fused-ring (bicyclic) bond motifs is 1. The number of rotatable bonds is 6. The van der Waals surface area contributed by atoms with Gasteiger partial charge in [0.2, 0.25) is 0 Å². The van der Waals surface area contributed by atoms with E-state index in [1.54, 1.807) is 6.26 Å². The summed E-state index contributed by atoms with van der Waals surface area (Å²) in [5.41, 5.74) is 1.03. The fraction of sp³-hybridized carbons (Fsp3) is 0.545. The smallest absolute Gasteiger partial charge is 0.410 e. The van der Waals surface area contributed by atoms with Gasteiger partial charge >= 0.3 is 6.09 Å². The van der Waals surface area contributed by atoms with Gasteiger partial charge in [0, 0.05) is 43.4 Å². The van der Waals surface area contributed by atoms with Crippen LogP contribution in [-0.2, 0) is 4.74 Å². The normalized spacial score (nSPS) is 18.8. The van der Waals surface area contributed by atoms with Gasteiger partial charge in [-0.15, -0.1) is 0 Å². The number of ether oxygens (including phenoxy) is 1. The molecule has 0 unspecified atom stereocenters. The minimum Gasteiger partial charge on any atom is -0.464 e. The SMILES string of the molecule is CCCCCCN1CC2(CCN(C(=O)c3ccc4occc4c3)CC2)OC1=O. The van der Waals surface area contributed by atoms with Crippen molar-refractivity contribution in [2.45, 2.75) is 51.0 Å². The van der Waals surface area contributed by atoms with Gasteiger partial charge in [-0.05, 0) is 30.7 Å². The van der Waals surface area contributed by atoms with Crippen LogP contribution >= 0.6 is 0 Å². The maximum Gasteiger partial charge on any atom is 0.410 e. The third-order valence-electron chi connectivity index (χ3n) is 5.98. The number of unbranched alkanes of at least 4 members (excludes halogenated alkanes) is 3. The van der Waals surface area contributed by atoms with Crippen LogP contribution in [0.5, 0.6) is 0 Å². The summed E-state index contributed by atoms with van der Waals surface area (Å²) in [7, 11) is 0. The molecule has 0 aliphatic carbocycles. The zero-order valence-electron chi connectivity index (χ0n) is 16.5. The van der Waals surface area contributed by atoms with Gasteiger partial charge < -0.3 is 19.0 Å². The van der Waals surface area contributed by atoms with E-state index in [9.17, 15) is 9.59 Å².